The molecule has 0 unspecified atom stereocenters. The van der Waals surface area contributed by atoms with Crippen molar-refractivity contribution in [3.05, 3.63) is 30.0 Å². The number of carbonyl (C=O) groups is 1. The molecule has 3 rings (SSSR count). The number of H-pyrrole nitrogens is 1. The minimum Gasteiger partial charge on any atom is -0.399 e. The molecule has 100 valence electrons. The van der Waals surface area contributed by atoms with Crippen molar-refractivity contribution in [1.29, 1.82) is 0 Å². The molecule has 19 heavy (non-hydrogen) atoms. The first kappa shape index (κ1) is 12.1. The summed E-state index contributed by atoms with van der Waals surface area (Å²) in [4.78, 5) is 17.6. The second-order valence-electron chi connectivity index (χ2n) is 5.32. The van der Waals surface area contributed by atoms with Crippen LogP contribution in [0.4, 0.5) is 5.69 Å². The summed E-state index contributed by atoms with van der Waals surface area (Å²) in [5, 5.41) is 0.992. The molecule has 1 aromatic heterocycles. The van der Waals surface area contributed by atoms with Gasteiger partial charge in [0.25, 0.3) is 5.91 Å². The number of nitrogens with two attached hydrogens (primary N) is 1. The molecule has 0 saturated heterocycles. The molecule has 4 heteroatoms. The van der Waals surface area contributed by atoms with Crippen molar-refractivity contribution in [3.63, 3.8) is 0 Å². The average molecular weight is 257 g/mol. The number of nitrogens with zero attached hydrogens (tertiary/aromatic N) is 1. The van der Waals surface area contributed by atoms with E-state index in [1.54, 1.807) is 0 Å². The predicted octanol–water partition coefficient (Wildman–Crippen LogP) is 2.62. The van der Waals surface area contributed by atoms with Crippen LogP contribution < -0.4 is 5.73 Å². The maximum atomic E-state index is 12.5. The lowest BCUT2D eigenvalue weighted by Crippen LogP contribution is -2.32. The lowest BCUT2D eigenvalue weighted by molar-refractivity contribution is 0.0752. The van der Waals surface area contributed by atoms with Gasteiger partial charge in [0.05, 0.1) is 0 Å². The van der Waals surface area contributed by atoms with E-state index in [1.807, 2.05) is 36.1 Å². The highest BCUT2D eigenvalue weighted by Gasteiger charge is 2.27. The summed E-state index contributed by atoms with van der Waals surface area (Å²) in [6.07, 6.45) is 2.51. The Kier molecular flexibility index (Phi) is 2.93. The topological polar surface area (TPSA) is 62.1 Å². The number of nitrogens with one attached hydrogen (secondary N) is 1. The number of fused-ring (bicyclic) bond motifs is 1. The van der Waals surface area contributed by atoms with Crippen LogP contribution in [0.15, 0.2) is 24.3 Å². The standard InChI is InChI=1S/C15H19N3O/c1-2-18(9-10-3-4-10)15(19)14-8-11-7-12(16)5-6-13(11)17-14/h5-8,10,17H,2-4,9,16H2,1H3. The predicted molar refractivity (Wildman–Crippen MR) is 77.0 cm³/mol. The first-order valence-corrected chi connectivity index (χ1v) is 6.85. The minimum atomic E-state index is 0.0872. The van der Waals surface area contributed by atoms with Crippen LogP contribution in [0.2, 0.25) is 0 Å². The van der Waals surface area contributed by atoms with Gasteiger partial charge < -0.3 is 15.6 Å². The number of carbonyl (C=O) groups excluding carboxylic acids is 1. The summed E-state index contributed by atoms with van der Waals surface area (Å²) in [5.74, 6) is 0.799. The molecule has 4 nitrogen and oxygen atoms in total. The van der Waals surface area contributed by atoms with Crippen LogP contribution in [0.1, 0.15) is 30.3 Å². The van der Waals surface area contributed by atoms with Crippen LogP contribution in [0.5, 0.6) is 0 Å². The molecular formula is C15H19N3O. The van der Waals surface area contributed by atoms with E-state index in [-0.39, 0.29) is 5.91 Å². The molecule has 1 fully saturated rings. The number of rotatable bonds is 4. The molecule has 0 spiro atoms. The lowest BCUT2D eigenvalue weighted by atomic mass is 10.2. The zero-order valence-corrected chi connectivity index (χ0v) is 11.1. The Morgan fingerprint density at radius 2 is 2.21 bits per heavy atom. The largest absolute Gasteiger partial charge is 0.399 e. The van der Waals surface area contributed by atoms with Crippen LogP contribution in [0, 0.1) is 5.92 Å². The fourth-order valence-corrected chi connectivity index (χ4v) is 2.40. The van der Waals surface area contributed by atoms with Gasteiger partial charge in [-0.25, -0.2) is 0 Å². The van der Waals surface area contributed by atoms with E-state index in [4.69, 9.17) is 5.73 Å². The fraction of sp³-hybridized carbons (Fsp3) is 0.400. The highest BCUT2D eigenvalue weighted by atomic mass is 16.2. The summed E-state index contributed by atoms with van der Waals surface area (Å²) < 4.78 is 0. The SMILES string of the molecule is CCN(CC1CC1)C(=O)c1cc2cc(N)ccc2[nH]1. The zero-order valence-electron chi connectivity index (χ0n) is 11.1. The van der Waals surface area contributed by atoms with Crippen molar-refractivity contribution < 1.29 is 4.79 Å². The summed E-state index contributed by atoms with van der Waals surface area (Å²) in [5.41, 5.74) is 8.09. The maximum absolute atomic E-state index is 12.5. The molecule has 1 aliphatic carbocycles. The second-order valence-corrected chi connectivity index (χ2v) is 5.32. The average Bonchev–Trinajstić information content (AvgIpc) is 3.12. The molecule has 2 aromatic rings. The molecule has 0 aliphatic heterocycles. The molecule has 1 amide bonds. The van der Waals surface area contributed by atoms with E-state index in [9.17, 15) is 4.79 Å². The quantitative estimate of drug-likeness (QED) is 0.827. The van der Waals surface area contributed by atoms with Gasteiger partial charge in [0, 0.05) is 29.7 Å². The first-order chi connectivity index (χ1) is 9.17. The Morgan fingerprint density at radius 1 is 1.42 bits per heavy atom. The monoisotopic (exact) mass is 257 g/mol. The van der Waals surface area contributed by atoms with E-state index >= 15 is 0 Å². The normalized spacial score (nSPS) is 14.8. The maximum Gasteiger partial charge on any atom is 0.270 e. The summed E-state index contributed by atoms with van der Waals surface area (Å²) >= 11 is 0. The lowest BCUT2D eigenvalue weighted by Gasteiger charge is -2.19. The number of hydrogen-bond donors (Lipinski definition) is 2. The number of nitrogen functional groups attached to an aromatic ring is 1. The molecule has 3 N–H and O–H groups in total. The Labute approximate surface area is 112 Å². The summed E-state index contributed by atoms with van der Waals surface area (Å²) in [7, 11) is 0. The minimum absolute atomic E-state index is 0.0872. The van der Waals surface area contributed by atoms with Crippen molar-refractivity contribution >= 4 is 22.5 Å². The molecule has 1 aliphatic rings. The van der Waals surface area contributed by atoms with Crippen molar-refractivity contribution in [2.24, 2.45) is 5.92 Å². The Morgan fingerprint density at radius 3 is 2.89 bits per heavy atom. The van der Waals surface area contributed by atoms with Crippen LogP contribution in [-0.4, -0.2) is 28.9 Å². The van der Waals surface area contributed by atoms with E-state index in [2.05, 4.69) is 4.98 Å². The van der Waals surface area contributed by atoms with Crippen LogP contribution in [0.25, 0.3) is 10.9 Å². The summed E-state index contributed by atoms with van der Waals surface area (Å²) in [6, 6.07) is 7.54. The molecule has 0 radical (unpaired) electrons. The number of aromatic amines is 1. The highest BCUT2D eigenvalue weighted by Crippen LogP contribution is 2.30. The van der Waals surface area contributed by atoms with Crippen LogP contribution in [-0.2, 0) is 0 Å². The van der Waals surface area contributed by atoms with E-state index in [0.717, 1.165) is 29.7 Å². The van der Waals surface area contributed by atoms with E-state index in [1.165, 1.54) is 12.8 Å². The number of amides is 1. The highest BCUT2D eigenvalue weighted by molar-refractivity contribution is 5.98. The molecule has 1 aromatic carbocycles. The second kappa shape index (κ2) is 4.61. The third-order valence-electron chi connectivity index (χ3n) is 3.72. The van der Waals surface area contributed by atoms with E-state index < -0.39 is 0 Å². The first-order valence-electron chi connectivity index (χ1n) is 6.85. The third-order valence-corrected chi connectivity index (χ3v) is 3.72. The molecule has 1 saturated carbocycles. The van der Waals surface area contributed by atoms with Crippen molar-refractivity contribution in [1.82, 2.24) is 9.88 Å². The molecule has 1 heterocycles. The zero-order chi connectivity index (χ0) is 13.4. The van der Waals surface area contributed by atoms with Crippen molar-refractivity contribution in [3.8, 4) is 0 Å². The molecule has 0 bridgehead atoms. The van der Waals surface area contributed by atoms with Gasteiger partial charge in [-0.1, -0.05) is 0 Å². The van der Waals surface area contributed by atoms with Gasteiger partial charge in [-0.15, -0.1) is 0 Å². The van der Waals surface area contributed by atoms with Gasteiger partial charge in [0.2, 0.25) is 0 Å². The van der Waals surface area contributed by atoms with Gasteiger partial charge in [0.1, 0.15) is 5.69 Å². The number of hydrogen-bond acceptors (Lipinski definition) is 2. The molecular weight excluding hydrogens is 238 g/mol. The molecule has 0 atom stereocenters. The van der Waals surface area contributed by atoms with E-state index in [0.29, 0.717) is 11.6 Å². The van der Waals surface area contributed by atoms with Gasteiger partial charge in [-0.05, 0) is 49.9 Å². The Bertz CT molecular complexity index is 613. The van der Waals surface area contributed by atoms with Crippen LogP contribution in [0.3, 0.4) is 0 Å². The Hall–Kier alpha value is -1.97. The van der Waals surface area contributed by atoms with Gasteiger partial charge >= 0.3 is 0 Å². The summed E-state index contributed by atoms with van der Waals surface area (Å²) in [6.45, 7) is 3.67. The van der Waals surface area contributed by atoms with Gasteiger partial charge in [-0.3, -0.25) is 4.79 Å². The van der Waals surface area contributed by atoms with Gasteiger partial charge in [-0.2, -0.15) is 0 Å². The third kappa shape index (κ3) is 2.43. The number of anilines is 1. The van der Waals surface area contributed by atoms with Crippen molar-refractivity contribution in [2.45, 2.75) is 19.8 Å². The van der Waals surface area contributed by atoms with Crippen LogP contribution >= 0.6 is 0 Å². The van der Waals surface area contributed by atoms with Crippen molar-refractivity contribution in [2.75, 3.05) is 18.8 Å². The van der Waals surface area contributed by atoms with Gasteiger partial charge in [0.15, 0.2) is 0 Å². The Balaban J connectivity index is 1.87. The number of benzene rings is 1. The number of aromatic nitrogens is 1. The smallest absolute Gasteiger partial charge is 0.270 e. The fourth-order valence-electron chi connectivity index (χ4n) is 2.40.